The van der Waals surface area contributed by atoms with Gasteiger partial charge in [0.25, 0.3) is 0 Å². The van der Waals surface area contributed by atoms with Crippen LogP contribution >= 0.6 is 0 Å². The molecule has 5 nitrogen and oxygen atoms in total. The molecule has 1 fully saturated rings. The van der Waals surface area contributed by atoms with Crippen LogP contribution in [0.4, 0.5) is 5.69 Å². The molecule has 1 heterocycles. The van der Waals surface area contributed by atoms with Crippen LogP contribution in [0.15, 0.2) is 24.3 Å². The molecule has 0 spiro atoms. The van der Waals surface area contributed by atoms with Crippen molar-refractivity contribution < 1.29 is 14.7 Å². The number of rotatable bonds is 4. The van der Waals surface area contributed by atoms with E-state index >= 15 is 0 Å². The molecule has 1 saturated heterocycles. The maximum Gasteiger partial charge on any atom is 0.320 e. The zero-order chi connectivity index (χ0) is 13.8. The Bertz CT molecular complexity index is 470. The maximum absolute atomic E-state index is 11.9. The number of likely N-dealkylation sites (tertiary alicyclic amines) is 1. The SMILES string of the molecule is Cc1ccc(NC(=O)CN2CCCC2C(=O)O)cc1. The fourth-order valence-corrected chi connectivity index (χ4v) is 2.32. The molecule has 1 aliphatic rings. The molecule has 1 aliphatic heterocycles. The van der Waals surface area contributed by atoms with Crippen molar-refractivity contribution >= 4 is 17.6 Å². The van der Waals surface area contributed by atoms with Crippen molar-refractivity contribution in [3.05, 3.63) is 29.8 Å². The molecule has 1 unspecified atom stereocenters. The summed E-state index contributed by atoms with van der Waals surface area (Å²) in [7, 11) is 0. The van der Waals surface area contributed by atoms with E-state index in [1.54, 1.807) is 4.90 Å². The second-order valence-electron chi connectivity index (χ2n) is 4.88. The molecule has 0 saturated carbocycles. The first-order valence-corrected chi connectivity index (χ1v) is 6.39. The van der Waals surface area contributed by atoms with Gasteiger partial charge in [-0.15, -0.1) is 0 Å². The molecule has 0 radical (unpaired) electrons. The van der Waals surface area contributed by atoms with Crippen LogP contribution in [0.3, 0.4) is 0 Å². The number of hydrogen-bond donors (Lipinski definition) is 2. The van der Waals surface area contributed by atoms with Crippen molar-refractivity contribution in [1.29, 1.82) is 0 Å². The van der Waals surface area contributed by atoms with Crippen molar-refractivity contribution in [2.45, 2.75) is 25.8 Å². The van der Waals surface area contributed by atoms with Gasteiger partial charge in [-0.2, -0.15) is 0 Å². The first kappa shape index (κ1) is 13.5. The quantitative estimate of drug-likeness (QED) is 0.862. The summed E-state index contributed by atoms with van der Waals surface area (Å²) in [6.45, 7) is 2.77. The van der Waals surface area contributed by atoms with Gasteiger partial charge in [0.1, 0.15) is 6.04 Å². The zero-order valence-electron chi connectivity index (χ0n) is 10.9. The number of aryl methyl sites for hydroxylation is 1. The third kappa shape index (κ3) is 3.54. The molecule has 102 valence electrons. The number of hydrogen-bond acceptors (Lipinski definition) is 3. The number of carbonyl (C=O) groups is 2. The van der Waals surface area contributed by atoms with Gasteiger partial charge < -0.3 is 10.4 Å². The molecule has 19 heavy (non-hydrogen) atoms. The Morgan fingerprint density at radius 1 is 1.37 bits per heavy atom. The van der Waals surface area contributed by atoms with Crippen LogP contribution in [0.5, 0.6) is 0 Å². The Labute approximate surface area is 112 Å². The number of carbonyl (C=O) groups excluding carboxylic acids is 1. The van der Waals surface area contributed by atoms with Crippen LogP contribution in [0.2, 0.25) is 0 Å². The van der Waals surface area contributed by atoms with Gasteiger partial charge in [0, 0.05) is 5.69 Å². The standard InChI is InChI=1S/C14H18N2O3/c1-10-4-6-11(7-5-10)15-13(17)9-16-8-2-3-12(16)14(18)19/h4-7,12H,2-3,8-9H2,1H3,(H,15,17)(H,18,19). The van der Waals surface area contributed by atoms with Gasteiger partial charge in [0.15, 0.2) is 0 Å². The number of nitrogens with one attached hydrogen (secondary N) is 1. The van der Waals surface area contributed by atoms with Crippen molar-refractivity contribution in [3.8, 4) is 0 Å². The predicted molar refractivity (Wildman–Crippen MR) is 72.0 cm³/mol. The number of carboxylic acid groups (broad SMARTS) is 1. The Balaban J connectivity index is 1.90. The molecule has 0 bridgehead atoms. The number of amides is 1. The van der Waals surface area contributed by atoms with E-state index in [0.717, 1.165) is 17.7 Å². The lowest BCUT2D eigenvalue weighted by molar-refractivity contribution is -0.142. The van der Waals surface area contributed by atoms with E-state index in [-0.39, 0.29) is 12.5 Å². The summed E-state index contributed by atoms with van der Waals surface area (Å²) in [5.74, 6) is -1.02. The average molecular weight is 262 g/mol. The van der Waals surface area contributed by atoms with Gasteiger partial charge in [-0.25, -0.2) is 0 Å². The minimum absolute atomic E-state index is 0.130. The first-order valence-electron chi connectivity index (χ1n) is 6.39. The molecule has 1 amide bonds. The van der Waals surface area contributed by atoms with E-state index in [4.69, 9.17) is 5.11 Å². The molecular weight excluding hydrogens is 244 g/mol. The van der Waals surface area contributed by atoms with E-state index in [9.17, 15) is 9.59 Å². The lowest BCUT2D eigenvalue weighted by atomic mass is 10.2. The van der Waals surface area contributed by atoms with Gasteiger partial charge in [-0.1, -0.05) is 17.7 Å². The molecule has 5 heteroatoms. The van der Waals surface area contributed by atoms with Crippen LogP contribution < -0.4 is 5.32 Å². The van der Waals surface area contributed by atoms with Gasteiger partial charge in [-0.05, 0) is 38.4 Å². The molecule has 1 atom stereocenters. The van der Waals surface area contributed by atoms with E-state index in [2.05, 4.69) is 5.32 Å². The number of carboxylic acids is 1. The Kier molecular flexibility index (Phi) is 4.16. The first-order chi connectivity index (χ1) is 9.06. The summed E-state index contributed by atoms with van der Waals surface area (Å²) < 4.78 is 0. The maximum atomic E-state index is 11.9. The van der Waals surface area contributed by atoms with Crippen LogP contribution in [0, 0.1) is 6.92 Å². The number of aliphatic carboxylic acids is 1. The fourth-order valence-electron chi connectivity index (χ4n) is 2.32. The van der Waals surface area contributed by atoms with Gasteiger partial charge >= 0.3 is 5.97 Å². The summed E-state index contributed by atoms with van der Waals surface area (Å²) in [6.07, 6.45) is 1.45. The monoisotopic (exact) mass is 262 g/mol. The molecule has 2 N–H and O–H groups in total. The summed E-state index contributed by atoms with van der Waals surface area (Å²) in [6, 6.07) is 7.00. The summed E-state index contributed by atoms with van der Waals surface area (Å²) >= 11 is 0. The number of nitrogens with zero attached hydrogens (tertiary/aromatic N) is 1. The molecule has 0 aliphatic carbocycles. The van der Waals surface area contributed by atoms with Gasteiger partial charge in [0.2, 0.25) is 5.91 Å². The second kappa shape index (κ2) is 5.84. The van der Waals surface area contributed by atoms with Crippen molar-refractivity contribution in [3.63, 3.8) is 0 Å². The lowest BCUT2D eigenvalue weighted by Crippen LogP contribution is -2.40. The second-order valence-corrected chi connectivity index (χ2v) is 4.88. The van der Waals surface area contributed by atoms with E-state index < -0.39 is 12.0 Å². The van der Waals surface area contributed by atoms with Crippen molar-refractivity contribution in [2.24, 2.45) is 0 Å². The highest BCUT2D eigenvalue weighted by molar-refractivity contribution is 5.92. The Morgan fingerprint density at radius 3 is 2.68 bits per heavy atom. The molecule has 1 aromatic rings. The van der Waals surface area contributed by atoms with Crippen molar-refractivity contribution in [1.82, 2.24) is 4.90 Å². The van der Waals surface area contributed by atoms with E-state index in [1.807, 2.05) is 31.2 Å². The van der Waals surface area contributed by atoms with E-state index in [1.165, 1.54) is 0 Å². The lowest BCUT2D eigenvalue weighted by Gasteiger charge is -2.20. The van der Waals surface area contributed by atoms with Crippen LogP contribution in [0.1, 0.15) is 18.4 Å². The van der Waals surface area contributed by atoms with Gasteiger partial charge in [-0.3, -0.25) is 14.5 Å². The minimum Gasteiger partial charge on any atom is -0.480 e. The fraction of sp³-hybridized carbons (Fsp3) is 0.429. The Hall–Kier alpha value is -1.88. The highest BCUT2D eigenvalue weighted by Gasteiger charge is 2.31. The third-order valence-electron chi connectivity index (χ3n) is 3.33. The number of benzene rings is 1. The van der Waals surface area contributed by atoms with Crippen LogP contribution in [0.25, 0.3) is 0 Å². The summed E-state index contributed by atoms with van der Waals surface area (Å²) in [5, 5.41) is 11.8. The Morgan fingerprint density at radius 2 is 2.05 bits per heavy atom. The topological polar surface area (TPSA) is 69.6 Å². The van der Waals surface area contributed by atoms with Gasteiger partial charge in [0.05, 0.1) is 6.54 Å². The molecule has 0 aromatic heterocycles. The smallest absolute Gasteiger partial charge is 0.320 e. The molecular formula is C14H18N2O3. The highest BCUT2D eigenvalue weighted by Crippen LogP contribution is 2.17. The third-order valence-corrected chi connectivity index (χ3v) is 3.33. The number of anilines is 1. The van der Waals surface area contributed by atoms with E-state index in [0.29, 0.717) is 13.0 Å². The molecule has 1 aromatic carbocycles. The predicted octanol–water partition coefficient (Wildman–Crippen LogP) is 1.48. The molecule has 2 rings (SSSR count). The minimum atomic E-state index is -0.847. The normalized spacial score (nSPS) is 19.3. The van der Waals surface area contributed by atoms with Crippen LogP contribution in [-0.4, -0.2) is 41.0 Å². The van der Waals surface area contributed by atoms with Crippen LogP contribution in [-0.2, 0) is 9.59 Å². The average Bonchev–Trinajstić information content (AvgIpc) is 2.80. The summed E-state index contributed by atoms with van der Waals surface area (Å²) in [4.78, 5) is 24.6. The zero-order valence-corrected chi connectivity index (χ0v) is 10.9. The van der Waals surface area contributed by atoms with Crippen molar-refractivity contribution in [2.75, 3.05) is 18.4 Å². The highest BCUT2D eigenvalue weighted by atomic mass is 16.4. The summed E-state index contributed by atoms with van der Waals surface area (Å²) in [5.41, 5.74) is 1.87. The largest absolute Gasteiger partial charge is 0.480 e.